The van der Waals surface area contributed by atoms with Crippen molar-refractivity contribution in [3.63, 3.8) is 0 Å². The minimum absolute atomic E-state index is 0.262. The number of hydrogen-bond acceptors (Lipinski definition) is 4. The highest BCUT2D eigenvalue weighted by molar-refractivity contribution is 8.70. The molecule has 0 radical (unpaired) electrons. The van der Waals surface area contributed by atoms with Crippen LogP contribution in [0.4, 0.5) is 0 Å². The van der Waals surface area contributed by atoms with Gasteiger partial charge in [0.2, 0.25) is 0 Å². The summed E-state index contributed by atoms with van der Waals surface area (Å²) in [6.07, 6.45) is 1.21. The summed E-state index contributed by atoms with van der Waals surface area (Å²) in [5, 5.41) is 0. The molecule has 56 valence electrons. The smallest absolute Gasteiger partial charge is 0.259 e. The Hall–Kier alpha value is 0.260. The van der Waals surface area contributed by atoms with Crippen LogP contribution in [0.5, 0.6) is 0 Å². The molecule has 0 aromatic carbocycles. The van der Waals surface area contributed by atoms with Gasteiger partial charge in [0.05, 0.1) is 6.10 Å². The molecule has 0 atom stereocenters. The molecule has 0 amide bonds. The third kappa shape index (κ3) is 4.74. The minimum atomic E-state index is -3.30. The molecule has 0 saturated heterocycles. The van der Waals surface area contributed by atoms with E-state index in [1.807, 2.05) is 0 Å². The molecular weight excluding hydrogens is 160 g/mol. The quantitative estimate of drug-likeness (QED) is 0.593. The van der Waals surface area contributed by atoms with Crippen LogP contribution in [0.25, 0.3) is 0 Å². The Labute approximate surface area is 59.3 Å². The summed E-state index contributed by atoms with van der Waals surface area (Å²) in [6, 6.07) is 0. The molecular formula is C4H10O3S2. The first-order chi connectivity index (χ1) is 3.98. The Balaban J connectivity index is 3.90. The fourth-order valence-electron chi connectivity index (χ4n) is 0.275. The largest absolute Gasteiger partial charge is 0.322 e. The van der Waals surface area contributed by atoms with Gasteiger partial charge in [-0.3, -0.25) is 4.18 Å². The van der Waals surface area contributed by atoms with Crippen molar-refractivity contribution in [3.05, 3.63) is 0 Å². The van der Waals surface area contributed by atoms with E-state index in [9.17, 15) is 8.42 Å². The maximum atomic E-state index is 10.6. The molecule has 0 unspecified atom stereocenters. The lowest BCUT2D eigenvalue weighted by molar-refractivity contribution is 0.257. The normalized spacial score (nSPS) is 12.4. The molecule has 0 fully saturated rings. The molecule has 0 aliphatic carbocycles. The maximum Gasteiger partial charge on any atom is 0.322 e. The Morgan fingerprint density at radius 1 is 1.44 bits per heavy atom. The van der Waals surface area contributed by atoms with Crippen molar-refractivity contribution in [3.8, 4) is 0 Å². The van der Waals surface area contributed by atoms with Gasteiger partial charge in [-0.15, -0.1) is 0 Å². The van der Waals surface area contributed by atoms with Crippen LogP contribution in [0, 0.1) is 0 Å². The second-order valence-corrected chi connectivity index (χ2v) is 5.29. The lowest BCUT2D eigenvalue weighted by atomic mass is 10.5. The van der Waals surface area contributed by atoms with Crippen molar-refractivity contribution in [2.45, 2.75) is 20.0 Å². The summed E-state index contributed by atoms with van der Waals surface area (Å²) < 4.78 is 25.6. The summed E-state index contributed by atoms with van der Waals surface area (Å²) in [5.74, 6) is 0. The first-order valence-corrected chi connectivity index (χ1v) is 5.62. The van der Waals surface area contributed by atoms with E-state index >= 15 is 0 Å². The van der Waals surface area contributed by atoms with Crippen molar-refractivity contribution in [1.29, 1.82) is 0 Å². The monoisotopic (exact) mass is 170 g/mol. The molecule has 0 N–H and O–H groups in total. The van der Waals surface area contributed by atoms with Crippen LogP contribution in [0.3, 0.4) is 0 Å². The molecule has 0 bridgehead atoms. The van der Waals surface area contributed by atoms with Crippen molar-refractivity contribution < 1.29 is 12.6 Å². The second-order valence-electron chi connectivity index (χ2n) is 1.72. The zero-order valence-corrected chi connectivity index (χ0v) is 7.25. The van der Waals surface area contributed by atoms with E-state index in [2.05, 4.69) is 4.18 Å². The lowest BCUT2D eigenvalue weighted by Gasteiger charge is -2.03. The number of rotatable bonds is 3. The molecule has 9 heavy (non-hydrogen) atoms. The lowest BCUT2D eigenvalue weighted by Crippen LogP contribution is -2.07. The fraction of sp³-hybridized carbons (Fsp3) is 1.00. The van der Waals surface area contributed by atoms with Crippen LogP contribution >= 0.6 is 10.8 Å². The highest BCUT2D eigenvalue weighted by Crippen LogP contribution is 2.11. The molecule has 0 aromatic rings. The van der Waals surface area contributed by atoms with Crippen LogP contribution in [-0.2, 0) is 13.3 Å². The SMILES string of the molecule is CSS(=O)(=O)OC(C)C. The van der Waals surface area contributed by atoms with E-state index in [4.69, 9.17) is 0 Å². The van der Waals surface area contributed by atoms with Gasteiger partial charge >= 0.3 is 9.15 Å². The maximum absolute atomic E-state index is 10.6. The van der Waals surface area contributed by atoms with E-state index in [0.29, 0.717) is 10.8 Å². The van der Waals surface area contributed by atoms with Gasteiger partial charge in [-0.1, -0.05) is 0 Å². The van der Waals surface area contributed by atoms with Gasteiger partial charge in [0, 0.05) is 0 Å². The molecule has 0 aliphatic rings. The summed E-state index contributed by atoms with van der Waals surface area (Å²) in [4.78, 5) is 0. The Morgan fingerprint density at radius 2 is 1.89 bits per heavy atom. The van der Waals surface area contributed by atoms with Crippen LogP contribution < -0.4 is 0 Å². The van der Waals surface area contributed by atoms with Gasteiger partial charge in [0.25, 0.3) is 0 Å². The highest BCUT2D eigenvalue weighted by atomic mass is 33.1. The summed E-state index contributed by atoms with van der Waals surface area (Å²) >= 11 is 0. The standard InChI is InChI=1S/C4H10O3S2/c1-4(2)7-9(5,6)8-3/h4H,1-3H3. The van der Waals surface area contributed by atoms with Crippen LogP contribution in [0.15, 0.2) is 0 Å². The Kier molecular flexibility index (Phi) is 3.53. The topological polar surface area (TPSA) is 43.4 Å². The Morgan fingerprint density at radius 3 is 2.00 bits per heavy atom. The summed E-state index contributed by atoms with van der Waals surface area (Å²) in [5.41, 5.74) is 0. The van der Waals surface area contributed by atoms with Gasteiger partial charge in [0.1, 0.15) is 0 Å². The van der Waals surface area contributed by atoms with Crippen molar-refractivity contribution in [2.24, 2.45) is 0 Å². The predicted octanol–water partition coefficient (Wildman–Crippen LogP) is 1.02. The molecule has 0 aromatic heterocycles. The third-order valence-electron chi connectivity index (χ3n) is 0.514. The molecule has 0 rings (SSSR count). The van der Waals surface area contributed by atoms with Gasteiger partial charge in [-0.2, -0.15) is 8.42 Å². The zero-order valence-electron chi connectivity index (χ0n) is 5.62. The van der Waals surface area contributed by atoms with E-state index in [1.54, 1.807) is 13.8 Å². The second kappa shape index (κ2) is 3.43. The summed E-state index contributed by atoms with van der Waals surface area (Å²) in [6.45, 7) is 3.35. The Bertz CT molecular complexity index is 159. The first kappa shape index (κ1) is 9.26. The van der Waals surface area contributed by atoms with Gasteiger partial charge < -0.3 is 0 Å². The average Bonchev–Trinajstić information content (AvgIpc) is 1.63. The van der Waals surface area contributed by atoms with Crippen molar-refractivity contribution >= 4 is 19.9 Å². The third-order valence-corrected chi connectivity index (χ3v) is 3.00. The molecule has 0 heterocycles. The van der Waals surface area contributed by atoms with Crippen LogP contribution in [0.2, 0.25) is 0 Å². The van der Waals surface area contributed by atoms with Crippen molar-refractivity contribution in [2.75, 3.05) is 6.26 Å². The fourth-order valence-corrected chi connectivity index (χ4v) is 1.53. The van der Waals surface area contributed by atoms with Crippen LogP contribution in [-0.4, -0.2) is 20.8 Å². The summed E-state index contributed by atoms with van der Waals surface area (Å²) in [7, 11) is -2.60. The minimum Gasteiger partial charge on any atom is -0.259 e. The molecule has 0 spiro atoms. The van der Waals surface area contributed by atoms with E-state index in [0.717, 1.165) is 0 Å². The first-order valence-electron chi connectivity index (χ1n) is 2.47. The van der Waals surface area contributed by atoms with Crippen molar-refractivity contribution in [1.82, 2.24) is 0 Å². The molecule has 5 heteroatoms. The van der Waals surface area contributed by atoms with Gasteiger partial charge in [-0.25, -0.2) is 0 Å². The van der Waals surface area contributed by atoms with E-state index in [1.165, 1.54) is 6.26 Å². The van der Waals surface area contributed by atoms with Gasteiger partial charge in [0.15, 0.2) is 0 Å². The van der Waals surface area contributed by atoms with E-state index < -0.39 is 9.15 Å². The number of hydrogen-bond donors (Lipinski definition) is 0. The van der Waals surface area contributed by atoms with E-state index in [-0.39, 0.29) is 6.10 Å². The molecule has 0 aliphatic heterocycles. The molecule has 0 saturated carbocycles. The van der Waals surface area contributed by atoms with Crippen LogP contribution in [0.1, 0.15) is 13.8 Å². The van der Waals surface area contributed by atoms with Gasteiger partial charge in [-0.05, 0) is 30.9 Å². The highest BCUT2D eigenvalue weighted by Gasteiger charge is 2.09. The average molecular weight is 170 g/mol. The molecule has 3 nitrogen and oxygen atoms in total. The predicted molar refractivity (Wildman–Crippen MR) is 38.7 cm³/mol. The zero-order chi connectivity index (χ0) is 7.49.